The Morgan fingerprint density at radius 2 is 2.19 bits per heavy atom. The number of nitrogens with one attached hydrogen (secondary N) is 2. The molecule has 0 unspecified atom stereocenters. The van der Waals surface area contributed by atoms with Crippen LogP contribution in [0.3, 0.4) is 0 Å². The first-order valence-electron chi connectivity index (χ1n) is 6.51. The minimum Gasteiger partial charge on any atom is -0.494 e. The highest BCUT2D eigenvalue weighted by atomic mass is 32.2. The zero-order valence-electron chi connectivity index (χ0n) is 11.5. The second-order valence-corrected chi connectivity index (χ2v) is 5.38. The van der Waals surface area contributed by atoms with Crippen molar-refractivity contribution in [3.8, 4) is 5.75 Å². The Balaban J connectivity index is 1.85. The molecule has 0 amide bonds. The van der Waals surface area contributed by atoms with Crippen LogP contribution in [-0.2, 0) is 0 Å². The summed E-state index contributed by atoms with van der Waals surface area (Å²) in [6.45, 7) is 1.80. The third-order valence-corrected chi connectivity index (χ3v) is 3.46. The van der Waals surface area contributed by atoms with Gasteiger partial charge in [0, 0.05) is 18.4 Å². The Bertz CT molecular complexity index is 586. The van der Waals surface area contributed by atoms with Gasteiger partial charge in [-0.2, -0.15) is 13.2 Å². The number of imidazole rings is 1. The molecule has 21 heavy (non-hydrogen) atoms. The normalized spacial score (nSPS) is 12.0. The fourth-order valence-electron chi connectivity index (χ4n) is 1.74. The summed E-state index contributed by atoms with van der Waals surface area (Å²) in [5, 5.41) is 3.04. The zero-order chi connectivity index (χ0) is 15.3. The molecule has 0 bridgehead atoms. The maximum atomic E-state index is 11.9. The second kappa shape index (κ2) is 7.04. The maximum absolute atomic E-state index is 11.9. The largest absolute Gasteiger partial charge is 0.494 e. The average Bonchev–Trinajstić information content (AvgIpc) is 2.79. The van der Waals surface area contributed by atoms with Crippen molar-refractivity contribution < 1.29 is 17.9 Å². The highest BCUT2D eigenvalue weighted by Gasteiger charge is 2.25. The number of alkyl halides is 3. The minimum atomic E-state index is -4.17. The number of hydrogen-bond acceptors (Lipinski definition) is 4. The van der Waals surface area contributed by atoms with E-state index < -0.39 is 12.7 Å². The van der Waals surface area contributed by atoms with Gasteiger partial charge in [-0.15, -0.1) is 0 Å². The van der Waals surface area contributed by atoms with E-state index in [2.05, 4.69) is 15.3 Å². The maximum Gasteiger partial charge on any atom is 0.401 e. The lowest BCUT2D eigenvalue weighted by Crippen LogP contribution is -2.30. The summed E-state index contributed by atoms with van der Waals surface area (Å²) in [5.74, 6) is 1.27. The van der Waals surface area contributed by atoms with Crippen molar-refractivity contribution in [2.24, 2.45) is 0 Å². The van der Waals surface area contributed by atoms with Gasteiger partial charge in [-0.05, 0) is 19.1 Å². The van der Waals surface area contributed by atoms with E-state index in [9.17, 15) is 13.2 Å². The highest BCUT2D eigenvalue weighted by Crippen LogP contribution is 2.23. The van der Waals surface area contributed by atoms with Crippen LogP contribution in [0.4, 0.5) is 13.2 Å². The molecule has 2 N–H and O–H groups in total. The molecule has 0 aliphatic heterocycles. The van der Waals surface area contributed by atoms with Gasteiger partial charge >= 0.3 is 6.18 Å². The number of rotatable bonds is 7. The monoisotopic (exact) mass is 319 g/mol. The molecule has 8 heteroatoms. The van der Waals surface area contributed by atoms with E-state index in [1.54, 1.807) is 0 Å². The molecular formula is C13H16F3N3OS. The average molecular weight is 319 g/mol. The number of fused-ring (bicyclic) bond motifs is 1. The van der Waals surface area contributed by atoms with Crippen molar-refractivity contribution in [2.75, 3.05) is 25.4 Å². The molecule has 0 saturated heterocycles. The van der Waals surface area contributed by atoms with Crippen molar-refractivity contribution in [1.82, 2.24) is 15.3 Å². The van der Waals surface area contributed by atoms with Crippen molar-refractivity contribution >= 4 is 22.8 Å². The van der Waals surface area contributed by atoms with E-state index in [-0.39, 0.29) is 6.54 Å². The molecule has 0 aliphatic rings. The summed E-state index contributed by atoms with van der Waals surface area (Å²) in [4.78, 5) is 7.49. The van der Waals surface area contributed by atoms with E-state index in [0.717, 1.165) is 16.8 Å². The number of hydrogen-bond donors (Lipinski definition) is 2. The summed E-state index contributed by atoms with van der Waals surface area (Å²) < 4.78 is 41.2. The first-order valence-corrected chi connectivity index (χ1v) is 7.49. The Labute approximate surface area is 124 Å². The van der Waals surface area contributed by atoms with Crippen LogP contribution in [0.25, 0.3) is 11.0 Å². The van der Waals surface area contributed by atoms with Crippen LogP contribution in [0, 0.1) is 0 Å². The summed E-state index contributed by atoms with van der Waals surface area (Å²) in [7, 11) is 0. The van der Waals surface area contributed by atoms with Gasteiger partial charge in [0.25, 0.3) is 0 Å². The Hall–Kier alpha value is -1.41. The van der Waals surface area contributed by atoms with Crippen LogP contribution in [-0.4, -0.2) is 41.6 Å². The first-order chi connectivity index (χ1) is 9.98. The van der Waals surface area contributed by atoms with E-state index in [0.29, 0.717) is 17.5 Å². The molecule has 0 fully saturated rings. The van der Waals surface area contributed by atoms with Crippen molar-refractivity contribution in [3.63, 3.8) is 0 Å². The molecule has 1 aromatic carbocycles. The molecule has 2 aromatic rings. The quantitative estimate of drug-likeness (QED) is 0.608. The van der Waals surface area contributed by atoms with Gasteiger partial charge in [-0.25, -0.2) is 4.98 Å². The molecule has 0 radical (unpaired) electrons. The molecule has 0 atom stereocenters. The predicted octanol–water partition coefficient (Wildman–Crippen LogP) is 3.21. The summed E-state index contributed by atoms with van der Waals surface area (Å²) in [6, 6.07) is 5.55. The van der Waals surface area contributed by atoms with E-state index >= 15 is 0 Å². The number of ether oxygens (including phenoxy) is 1. The summed E-state index contributed by atoms with van der Waals surface area (Å²) >= 11 is 1.38. The second-order valence-electron chi connectivity index (χ2n) is 4.29. The van der Waals surface area contributed by atoms with Gasteiger partial charge in [-0.3, -0.25) is 0 Å². The number of H-pyrrole nitrogens is 1. The van der Waals surface area contributed by atoms with Gasteiger partial charge in [0.15, 0.2) is 5.16 Å². The highest BCUT2D eigenvalue weighted by molar-refractivity contribution is 7.99. The van der Waals surface area contributed by atoms with Crippen molar-refractivity contribution in [1.29, 1.82) is 0 Å². The lowest BCUT2D eigenvalue weighted by Gasteiger charge is -2.06. The van der Waals surface area contributed by atoms with Crippen LogP contribution in [0.2, 0.25) is 0 Å². The number of nitrogens with zero attached hydrogens (tertiary/aromatic N) is 1. The smallest absolute Gasteiger partial charge is 0.401 e. The Morgan fingerprint density at radius 1 is 1.38 bits per heavy atom. The van der Waals surface area contributed by atoms with Gasteiger partial charge in [0.1, 0.15) is 5.75 Å². The third-order valence-electron chi connectivity index (χ3n) is 2.59. The van der Waals surface area contributed by atoms with Crippen LogP contribution in [0.15, 0.2) is 23.4 Å². The third kappa shape index (κ3) is 5.13. The lowest BCUT2D eigenvalue weighted by molar-refractivity contribution is -0.124. The predicted molar refractivity (Wildman–Crippen MR) is 76.9 cm³/mol. The molecule has 116 valence electrons. The first kappa shape index (κ1) is 16.0. The van der Waals surface area contributed by atoms with Crippen molar-refractivity contribution in [3.05, 3.63) is 18.2 Å². The van der Waals surface area contributed by atoms with Crippen LogP contribution in [0.5, 0.6) is 5.75 Å². The molecule has 2 rings (SSSR count). The van der Waals surface area contributed by atoms with Crippen molar-refractivity contribution in [2.45, 2.75) is 18.3 Å². The number of aromatic amines is 1. The molecule has 0 spiro atoms. The molecular weight excluding hydrogens is 303 g/mol. The zero-order valence-corrected chi connectivity index (χ0v) is 12.3. The number of aromatic nitrogens is 2. The number of thioether (sulfide) groups is 1. The fourth-order valence-corrected chi connectivity index (χ4v) is 2.52. The molecule has 0 saturated carbocycles. The Kier molecular flexibility index (Phi) is 5.35. The SMILES string of the molecule is CCOc1ccc2nc(SCCNCC(F)(F)F)[nH]c2c1. The number of benzene rings is 1. The molecule has 1 heterocycles. The topological polar surface area (TPSA) is 49.9 Å². The number of halogens is 3. The fraction of sp³-hybridized carbons (Fsp3) is 0.462. The lowest BCUT2D eigenvalue weighted by atomic mass is 10.3. The molecule has 1 aromatic heterocycles. The van der Waals surface area contributed by atoms with E-state index in [1.807, 2.05) is 25.1 Å². The van der Waals surface area contributed by atoms with Gasteiger partial charge < -0.3 is 15.0 Å². The van der Waals surface area contributed by atoms with Crippen LogP contribution < -0.4 is 10.1 Å². The van der Waals surface area contributed by atoms with Crippen LogP contribution >= 0.6 is 11.8 Å². The Morgan fingerprint density at radius 3 is 2.90 bits per heavy atom. The molecule has 0 aliphatic carbocycles. The van der Waals surface area contributed by atoms with Gasteiger partial charge in [0.05, 0.1) is 24.2 Å². The van der Waals surface area contributed by atoms with Crippen LogP contribution in [0.1, 0.15) is 6.92 Å². The standard InChI is InChI=1S/C13H16F3N3OS/c1-2-20-9-3-4-10-11(7-9)19-12(18-10)21-6-5-17-8-13(14,15)16/h3-4,7,17H,2,5-6,8H2,1H3,(H,18,19). The molecule has 4 nitrogen and oxygen atoms in total. The van der Waals surface area contributed by atoms with E-state index in [4.69, 9.17) is 4.74 Å². The van der Waals surface area contributed by atoms with E-state index in [1.165, 1.54) is 11.8 Å². The summed E-state index contributed by atoms with van der Waals surface area (Å²) in [6.07, 6.45) is -4.17. The summed E-state index contributed by atoms with van der Waals surface area (Å²) in [5.41, 5.74) is 1.66. The van der Waals surface area contributed by atoms with Gasteiger partial charge in [0.2, 0.25) is 0 Å². The van der Waals surface area contributed by atoms with Gasteiger partial charge in [-0.1, -0.05) is 11.8 Å². The minimum absolute atomic E-state index is 0.269.